The van der Waals surface area contributed by atoms with E-state index in [2.05, 4.69) is 16.1 Å². The molecule has 0 aromatic heterocycles. The van der Waals surface area contributed by atoms with Crippen LogP contribution in [-0.2, 0) is 0 Å². The maximum Gasteiger partial charge on any atom is 0.272 e. The number of hydrazine groups is 1. The highest BCUT2D eigenvalue weighted by Gasteiger charge is 2.30. The fourth-order valence-electron chi connectivity index (χ4n) is 3.53. The van der Waals surface area contributed by atoms with E-state index >= 15 is 0 Å². The van der Waals surface area contributed by atoms with Gasteiger partial charge in [-0.1, -0.05) is 12.1 Å². The summed E-state index contributed by atoms with van der Waals surface area (Å²) >= 11 is 0. The molecule has 2 amide bonds. The second-order valence-electron chi connectivity index (χ2n) is 10.4. The van der Waals surface area contributed by atoms with Crippen molar-refractivity contribution in [1.82, 2.24) is 21.1 Å². The third-order valence-corrected chi connectivity index (χ3v) is 5.38. The van der Waals surface area contributed by atoms with Gasteiger partial charge in [-0.05, 0) is 92.1 Å². The van der Waals surface area contributed by atoms with Gasteiger partial charge >= 0.3 is 0 Å². The fraction of sp³-hybridized carbons (Fsp3) is 0.464. The van der Waals surface area contributed by atoms with Crippen LogP contribution in [-0.4, -0.2) is 47.5 Å². The average molecular weight is 496 g/mol. The summed E-state index contributed by atoms with van der Waals surface area (Å²) in [5.41, 5.74) is 5.30. The van der Waals surface area contributed by atoms with Gasteiger partial charge < -0.3 is 15.4 Å². The Morgan fingerprint density at radius 3 is 2.11 bits per heavy atom. The number of aryl methyl sites for hydroxylation is 1. The van der Waals surface area contributed by atoms with E-state index < -0.39 is 5.54 Å². The molecule has 8 heteroatoms. The molecular formula is C28H41N5O3. The van der Waals surface area contributed by atoms with Crippen LogP contribution >= 0.6 is 0 Å². The molecule has 0 bridgehead atoms. The minimum absolute atomic E-state index is 0.187. The van der Waals surface area contributed by atoms with Crippen molar-refractivity contribution in [2.75, 3.05) is 7.11 Å². The van der Waals surface area contributed by atoms with Crippen molar-refractivity contribution in [2.45, 2.75) is 79.9 Å². The summed E-state index contributed by atoms with van der Waals surface area (Å²) in [6.45, 7) is 17.5. The molecule has 0 unspecified atom stereocenters. The van der Waals surface area contributed by atoms with E-state index in [9.17, 15) is 9.59 Å². The van der Waals surface area contributed by atoms with Crippen molar-refractivity contribution in [3.8, 4) is 5.75 Å². The quantitative estimate of drug-likeness (QED) is 0.302. The van der Waals surface area contributed by atoms with E-state index in [1.807, 2.05) is 68.4 Å². The predicted molar refractivity (Wildman–Crippen MR) is 146 cm³/mol. The second kappa shape index (κ2) is 11.9. The number of benzene rings is 2. The number of nitrogens with zero attached hydrogens (tertiary/aromatic N) is 2. The number of nitrogens with one attached hydrogen (secondary N) is 3. The Bertz CT molecular complexity index is 1100. The minimum Gasteiger partial charge on any atom is -0.496 e. The molecule has 0 fully saturated rings. The Kier molecular flexibility index (Phi) is 9.50. The summed E-state index contributed by atoms with van der Waals surface area (Å²) < 4.78 is 5.35. The van der Waals surface area contributed by atoms with Gasteiger partial charge in [0.05, 0.1) is 18.3 Å². The van der Waals surface area contributed by atoms with Crippen LogP contribution in [0.2, 0.25) is 0 Å². The van der Waals surface area contributed by atoms with Crippen molar-refractivity contribution in [2.24, 2.45) is 4.99 Å². The standard InChI is InChI=1S/C28H41N5O3/c1-17(2)29-27(30-18(3)4)31-23-16-21(15-14-19(23)5)26(35)33(28(7,8)9)32-25(34)22-12-11-13-24(36-10)20(22)6/h11-18H,1-10H3,(H,32,34)(H2,29,30,31). The smallest absolute Gasteiger partial charge is 0.272 e. The van der Waals surface area contributed by atoms with Crippen LogP contribution in [0.1, 0.15) is 80.3 Å². The van der Waals surface area contributed by atoms with Gasteiger partial charge in [0.25, 0.3) is 11.8 Å². The lowest BCUT2D eigenvalue weighted by Crippen LogP contribution is -2.56. The highest BCUT2D eigenvalue weighted by atomic mass is 16.5. The number of rotatable bonds is 6. The number of carbonyl (C=O) groups excluding carboxylic acids is 2. The molecule has 2 aromatic rings. The number of hydrogen-bond acceptors (Lipinski definition) is 4. The highest BCUT2D eigenvalue weighted by Crippen LogP contribution is 2.25. The third kappa shape index (κ3) is 7.47. The summed E-state index contributed by atoms with van der Waals surface area (Å²) in [7, 11) is 1.56. The first-order chi connectivity index (χ1) is 16.7. The molecule has 0 saturated carbocycles. The Labute approximate surface area is 215 Å². The van der Waals surface area contributed by atoms with Crippen LogP contribution in [0.3, 0.4) is 0 Å². The number of hydrogen-bond donors (Lipinski definition) is 3. The SMILES string of the molecule is COc1cccc(C(=O)NN(C(=O)c2ccc(C)c(N=C(NC(C)C)NC(C)C)c2)C(C)(C)C)c1C. The van der Waals surface area contributed by atoms with E-state index in [4.69, 9.17) is 9.73 Å². The Morgan fingerprint density at radius 1 is 0.972 bits per heavy atom. The Hall–Kier alpha value is -3.55. The van der Waals surface area contributed by atoms with E-state index in [1.54, 1.807) is 37.4 Å². The molecule has 0 aliphatic carbocycles. The summed E-state index contributed by atoms with van der Waals surface area (Å²) in [6, 6.07) is 11.0. The highest BCUT2D eigenvalue weighted by molar-refractivity contribution is 6.01. The van der Waals surface area contributed by atoms with Gasteiger partial charge in [0.2, 0.25) is 0 Å². The first-order valence-electron chi connectivity index (χ1n) is 12.3. The van der Waals surface area contributed by atoms with Gasteiger partial charge in [-0.25, -0.2) is 10.0 Å². The number of methoxy groups -OCH3 is 1. The van der Waals surface area contributed by atoms with Crippen molar-refractivity contribution < 1.29 is 14.3 Å². The topological polar surface area (TPSA) is 95.1 Å². The van der Waals surface area contributed by atoms with Crippen molar-refractivity contribution >= 4 is 23.5 Å². The lowest BCUT2D eigenvalue weighted by molar-refractivity contribution is 0.0358. The van der Waals surface area contributed by atoms with Gasteiger partial charge in [-0.15, -0.1) is 0 Å². The lowest BCUT2D eigenvalue weighted by atomic mass is 10.0. The molecule has 3 N–H and O–H groups in total. The van der Waals surface area contributed by atoms with E-state index in [1.165, 1.54) is 5.01 Å². The Morgan fingerprint density at radius 2 is 1.58 bits per heavy atom. The zero-order valence-electron chi connectivity index (χ0n) is 23.2. The lowest BCUT2D eigenvalue weighted by Gasteiger charge is -2.35. The molecule has 0 aliphatic heterocycles. The van der Waals surface area contributed by atoms with Crippen molar-refractivity contribution in [1.29, 1.82) is 0 Å². The zero-order chi connectivity index (χ0) is 27.2. The number of amides is 2. The van der Waals surface area contributed by atoms with E-state index in [0.717, 1.165) is 5.56 Å². The van der Waals surface area contributed by atoms with Crippen LogP contribution in [0, 0.1) is 13.8 Å². The molecule has 2 aromatic carbocycles. The molecule has 0 aliphatic rings. The van der Waals surface area contributed by atoms with Crippen LogP contribution in [0.25, 0.3) is 0 Å². The van der Waals surface area contributed by atoms with Crippen LogP contribution in [0.5, 0.6) is 5.75 Å². The van der Waals surface area contributed by atoms with Gasteiger partial charge in [-0.2, -0.15) is 0 Å². The summed E-state index contributed by atoms with van der Waals surface area (Å²) in [6.07, 6.45) is 0. The fourth-order valence-corrected chi connectivity index (χ4v) is 3.53. The normalized spacial score (nSPS) is 11.2. The van der Waals surface area contributed by atoms with Crippen molar-refractivity contribution in [3.05, 3.63) is 58.7 Å². The average Bonchev–Trinajstić information content (AvgIpc) is 2.76. The van der Waals surface area contributed by atoms with Crippen molar-refractivity contribution in [3.63, 3.8) is 0 Å². The van der Waals surface area contributed by atoms with Crippen LogP contribution in [0.15, 0.2) is 41.4 Å². The van der Waals surface area contributed by atoms with Crippen LogP contribution in [0.4, 0.5) is 5.69 Å². The van der Waals surface area contributed by atoms with Gasteiger partial charge in [0.1, 0.15) is 5.75 Å². The molecule has 2 rings (SSSR count). The summed E-state index contributed by atoms with van der Waals surface area (Å²) in [4.78, 5) is 31.6. The number of ether oxygens (including phenoxy) is 1. The molecule has 0 radical (unpaired) electrons. The molecule has 8 nitrogen and oxygen atoms in total. The third-order valence-electron chi connectivity index (χ3n) is 5.38. The largest absolute Gasteiger partial charge is 0.496 e. The van der Waals surface area contributed by atoms with Crippen LogP contribution < -0.4 is 20.8 Å². The molecule has 0 spiro atoms. The summed E-state index contributed by atoms with van der Waals surface area (Å²) in [5, 5.41) is 8.00. The first kappa shape index (κ1) is 28.7. The molecule has 0 saturated heterocycles. The molecule has 196 valence electrons. The predicted octanol–water partition coefficient (Wildman–Crippen LogP) is 4.88. The minimum atomic E-state index is -0.683. The van der Waals surface area contributed by atoms with Gasteiger partial charge in [0.15, 0.2) is 5.96 Å². The number of guanidine groups is 1. The Balaban J connectivity index is 2.44. The summed E-state index contributed by atoms with van der Waals surface area (Å²) in [5.74, 6) is 0.535. The van der Waals surface area contributed by atoms with E-state index in [-0.39, 0.29) is 23.9 Å². The monoisotopic (exact) mass is 495 g/mol. The molecular weight excluding hydrogens is 454 g/mol. The van der Waals surface area contributed by atoms with Gasteiger partial charge in [-0.3, -0.25) is 15.0 Å². The maximum absolute atomic E-state index is 13.7. The molecule has 36 heavy (non-hydrogen) atoms. The number of carbonyl (C=O) groups is 2. The second-order valence-corrected chi connectivity index (χ2v) is 10.4. The maximum atomic E-state index is 13.7. The molecule has 0 atom stereocenters. The first-order valence-corrected chi connectivity index (χ1v) is 12.3. The molecule has 0 heterocycles. The zero-order valence-corrected chi connectivity index (χ0v) is 23.2. The van der Waals surface area contributed by atoms with E-state index in [0.29, 0.717) is 34.1 Å². The van der Waals surface area contributed by atoms with Gasteiger partial charge in [0, 0.05) is 28.8 Å². The number of aliphatic imine (C=N–C) groups is 1.